The molecule has 0 aromatic carbocycles. The average Bonchev–Trinajstić information content (AvgIpc) is 2.48. The number of halogens is 5. The van der Waals surface area contributed by atoms with Crippen LogP contribution in [0.25, 0.3) is 0 Å². The molecule has 5 atom stereocenters. The maximum atomic E-state index is 13.6. The number of alkyl halides is 3. The maximum absolute atomic E-state index is 13.6. The molecule has 0 amide bonds. The molecule has 0 aromatic heterocycles. The van der Waals surface area contributed by atoms with Crippen LogP contribution in [0.5, 0.6) is 0 Å². The van der Waals surface area contributed by atoms with Crippen LogP contribution in [-0.2, 0) is 9.53 Å². The lowest BCUT2D eigenvalue weighted by atomic mass is 9.97. The molecule has 2 aliphatic rings. The summed E-state index contributed by atoms with van der Waals surface area (Å²) in [5.41, 5.74) is 0. The van der Waals surface area contributed by atoms with Gasteiger partial charge in [0.05, 0.1) is 0 Å². The van der Waals surface area contributed by atoms with Crippen molar-refractivity contribution in [3.63, 3.8) is 0 Å². The molecule has 0 aromatic rings. The van der Waals surface area contributed by atoms with Crippen molar-refractivity contribution >= 4 is 5.97 Å². The third kappa shape index (κ3) is 3.04. The number of hydrogen-bond acceptors (Lipinski definition) is 3. The quantitative estimate of drug-likeness (QED) is 0.580. The second kappa shape index (κ2) is 6.29. The van der Waals surface area contributed by atoms with E-state index in [0.29, 0.717) is 13.0 Å². The molecule has 0 radical (unpaired) electrons. The van der Waals surface area contributed by atoms with Crippen LogP contribution in [0.2, 0.25) is 0 Å². The lowest BCUT2D eigenvalue weighted by Gasteiger charge is -2.34. The fraction of sp³-hybridized carbons (Fsp3) is 0.769. The zero-order valence-electron chi connectivity index (χ0n) is 11.4. The van der Waals surface area contributed by atoms with Gasteiger partial charge in [-0.25, -0.2) is 22.0 Å². The van der Waals surface area contributed by atoms with Gasteiger partial charge in [-0.1, -0.05) is 6.42 Å². The average molecular weight is 313 g/mol. The van der Waals surface area contributed by atoms with Crippen molar-refractivity contribution in [2.24, 2.45) is 0 Å². The Morgan fingerprint density at radius 1 is 1.14 bits per heavy atom. The number of rotatable bonds is 2. The standard InChI is InChI=1S/C13H16F5NO2/c1-19-5-3-2-4-6(19)13(20)21-12-10(17)8(15)7(14)9(16)11(12)18/h6-8,10,12H,2-5H2,1H3/t6?,7-,8?,10?,12+/m0/s1. The summed E-state index contributed by atoms with van der Waals surface area (Å²) in [4.78, 5) is 13.5. The number of piperidine rings is 1. The van der Waals surface area contributed by atoms with Crippen molar-refractivity contribution in [1.29, 1.82) is 0 Å². The zero-order chi connectivity index (χ0) is 15.7. The Labute approximate surface area is 118 Å². The number of carbonyl (C=O) groups is 1. The van der Waals surface area contributed by atoms with Crippen LogP contribution < -0.4 is 0 Å². The number of likely N-dealkylation sites (tertiary alicyclic amines) is 1. The molecule has 1 aliphatic carbocycles. The Morgan fingerprint density at radius 3 is 2.43 bits per heavy atom. The summed E-state index contributed by atoms with van der Waals surface area (Å²) in [7, 11) is 1.64. The molecule has 0 N–H and O–H groups in total. The zero-order valence-corrected chi connectivity index (χ0v) is 11.4. The molecule has 8 heteroatoms. The Kier molecular flexibility index (Phi) is 4.85. The van der Waals surface area contributed by atoms with Crippen LogP contribution >= 0.6 is 0 Å². The number of carbonyl (C=O) groups excluding carboxylic acids is 1. The Bertz CT molecular complexity index is 444. The number of allylic oxidation sites excluding steroid dienone is 1. The van der Waals surface area contributed by atoms with Crippen LogP contribution in [0.15, 0.2) is 11.7 Å². The van der Waals surface area contributed by atoms with Gasteiger partial charge in [0.25, 0.3) is 0 Å². The van der Waals surface area contributed by atoms with E-state index in [0.717, 1.165) is 12.8 Å². The molecule has 1 heterocycles. The third-order valence-corrected chi connectivity index (χ3v) is 3.88. The predicted octanol–water partition coefficient (Wildman–Crippen LogP) is 2.56. The summed E-state index contributed by atoms with van der Waals surface area (Å²) in [6, 6.07) is -0.719. The first-order valence-corrected chi connectivity index (χ1v) is 6.72. The molecule has 0 spiro atoms. The van der Waals surface area contributed by atoms with E-state index in [4.69, 9.17) is 0 Å². The van der Waals surface area contributed by atoms with Crippen LogP contribution in [0.4, 0.5) is 22.0 Å². The maximum Gasteiger partial charge on any atom is 0.324 e. The van der Waals surface area contributed by atoms with E-state index in [1.165, 1.54) is 0 Å². The highest BCUT2D eigenvalue weighted by Gasteiger charge is 2.50. The normalized spacial score (nSPS) is 38.5. The smallest absolute Gasteiger partial charge is 0.324 e. The second-order valence-corrected chi connectivity index (χ2v) is 5.34. The molecule has 1 saturated heterocycles. The predicted molar refractivity (Wildman–Crippen MR) is 64.1 cm³/mol. The van der Waals surface area contributed by atoms with E-state index in [-0.39, 0.29) is 0 Å². The minimum atomic E-state index is -3.01. The lowest BCUT2D eigenvalue weighted by Crippen LogP contribution is -2.49. The van der Waals surface area contributed by atoms with Gasteiger partial charge in [-0.3, -0.25) is 9.69 Å². The van der Waals surface area contributed by atoms with Crippen molar-refractivity contribution in [2.75, 3.05) is 13.6 Å². The molecule has 2 rings (SSSR count). The van der Waals surface area contributed by atoms with Gasteiger partial charge in [0, 0.05) is 0 Å². The first-order chi connectivity index (χ1) is 9.84. The van der Waals surface area contributed by atoms with E-state index in [1.807, 2.05) is 0 Å². The molecule has 21 heavy (non-hydrogen) atoms. The highest BCUT2D eigenvalue weighted by atomic mass is 19.2. The molecule has 3 nitrogen and oxygen atoms in total. The van der Waals surface area contributed by atoms with Crippen molar-refractivity contribution < 1.29 is 31.5 Å². The van der Waals surface area contributed by atoms with E-state index >= 15 is 0 Å². The fourth-order valence-corrected chi connectivity index (χ4v) is 2.57. The number of ether oxygens (including phenoxy) is 1. The highest BCUT2D eigenvalue weighted by Crippen LogP contribution is 2.36. The van der Waals surface area contributed by atoms with Crippen molar-refractivity contribution in [3.8, 4) is 0 Å². The number of hydrogen-bond donors (Lipinski definition) is 0. The molecule has 120 valence electrons. The number of nitrogens with zero attached hydrogens (tertiary/aromatic N) is 1. The molecule has 3 unspecified atom stereocenters. The van der Waals surface area contributed by atoms with Crippen molar-refractivity contribution in [3.05, 3.63) is 11.7 Å². The molecule has 1 aliphatic heterocycles. The molecule has 1 fully saturated rings. The van der Waals surface area contributed by atoms with Crippen LogP contribution in [0, 0.1) is 0 Å². The third-order valence-electron chi connectivity index (χ3n) is 3.88. The van der Waals surface area contributed by atoms with Gasteiger partial charge in [-0.2, -0.15) is 0 Å². The number of likely N-dealkylation sites (N-methyl/N-ethyl adjacent to an activating group) is 1. The van der Waals surface area contributed by atoms with E-state index in [2.05, 4.69) is 4.74 Å². The molecule has 0 saturated carbocycles. The van der Waals surface area contributed by atoms with E-state index in [1.54, 1.807) is 11.9 Å². The highest BCUT2D eigenvalue weighted by molar-refractivity contribution is 5.76. The first kappa shape index (κ1) is 16.2. The molecular formula is C13H16F5NO2. The van der Waals surface area contributed by atoms with Crippen LogP contribution in [-0.4, -0.2) is 55.1 Å². The summed E-state index contributed by atoms with van der Waals surface area (Å²) in [5.74, 6) is -4.90. The van der Waals surface area contributed by atoms with Gasteiger partial charge >= 0.3 is 5.97 Å². The van der Waals surface area contributed by atoms with E-state index < -0.39 is 48.3 Å². The Morgan fingerprint density at radius 2 is 1.81 bits per heavy atom. The Hall–Kier alpha value is -1.18. The van der Waals surface area contributed by atoms with Gasteiger partial charge < -0.3 is 4.74 Å². The minimum absolute atomic E-state index is 0.428. The van der Waals surface area contributed by atoms with Gasteiger partial charge in [-0.05, 0) is 26.4 Å². The summed E-state index contributed by atoms with van der Waals surface area (Å²) in [5, 5.41) is 0. The van der Waals surface area contributed by atoms with Gasteiger partial charge in [-0.15, -0.1) is 0 Å². The summed E-state index contributed by atoms with van der Waals surface area (Å²) in [6.45, 7) is 0.606. The van der Waals surface area contributed by atoms with Gasteiger partial charge in [0.1, 0.15) is 6.04 Å². The lowest BCUT2D eigenvalue weighted by molar-refractivity contribution is -0.162. The van der Waals surface area contributed by atoms with Crippen LogP contribution in [0.3, 0.4) is 0 Å². The first-order valence-electron chi connectivity index (χ1n) is 6.72. The van der Waals surface area contributed by atoms with Crippen molar-refractivity contribution in [2.45, 2.75) is 49.9 Å². The molecular weight excluding hydrogens is 297 g/mol. The summed E-state index contributed by atoms with van der Waals surface area (Å²) < 4.78 is 71.0. The van der Waals surface area contributed by atoms with Gasteiger partial charge in [0.15, 0.2) is 36.3 Å². The second-order valence-electron chi connectivity index (χ2n) is 5.34. The Balaban J connectivity index is 2.12. The van der Waals surface area contributed by atoms with Gasteiger partial charge in [0.2, 0.25) is 0 Å². The largest absolute Gasteiger partial charge is 0.450 e. The SMILES string of the molecule is CN1CCCCC1C(=O)O[C@H]1C(F)=C(F)[C@@H](F)C(F)C1F. The fourth-order valence-electron chi connectivity index (χ4n) is 2.57. The van der Waals surface area contributed by atoms with Crippen LogP contribution in [0.1, 0.15) is 19.3 Å². The summed E-state index contributed by atoms with van der Waals surface area (Å²) >= 11 is 0. The number of esters is 1. The topological polar surface area (TPSA) is 29.5 Å². The van der Waals surface area contributed by atoms with E-state index in [9.17, 15) is 26.7 Å². The molecule has 0 bridgehead atoms. The monoisotopic (exact) mass is 313 g/mol. The summed E-state index contributed by atoms with van der Waals surface area (Å²) in [6.07, 6.45) is -9.00. The minimum Gasteiger partial charge on any atom is -0.450 e. The van der Waals surface area contributed by atoms with Crippen molar-refractivity contribution in [1.82, 2.24) is 4.90 Å².